The van der Waals surface area contributed by atoms with Crippen molar-refractivity contribution in [2.45, 2.75) is 0 Å². The first-order chi connectivity index (χ1) is 9.20. The van der Waals surface area contributed by atoms with Gasteiger partial charge in [-0.2, -0.15) is 4.57 Å². The molecular weight excluding hydrogens is 267 g/mol. The van der Waals surface area contributed by atoms with Gasteiger partial charge in [-0.25, -0.2) is 0 Å². The van der Waals surface area contributed by atoms with Crippen molar-refractivity contribution >= 4 is 19.2 Å². The van der Waals surface area contributed by atoms with Gasteiger partial charge in [0.15, 0.2) is 5.75 Å². The van der Waals surface area contributed by atoms with Crippen LogP contribution in [0.4, 0.5) is 11.4 Å². The zero-order valence-corrected chi connectivity index (χ0v) is 10.5. The van der Waals surface area contributed by atoms with E-state index in [1.807, 2.05) is 0 Å². The van der Waals surface area contributed by atoms with Crippen molar-refractivity contribution < 1.29 is 18.1 Å². The molecule has 5 bridgehead atoms. The van der Waals surface area contributed by atoms with E-state index in [0.717, 1.165) is 5.69 Å². The van der Waals surface area contributed by atoms with Crippen LogP contribution in [0.25, 0.3) is 0 Å². The van der Waals surface area contributed by atoms with Gasteiger partial charge in [-0.1, -0.05) is 0 Å². The number of hydrogen-bond acceptors (Lipinski definition) is 6. The summed E-state index contributed by atoms with van der Waals surface area (Å²) in [7, 11) is -3.69. The second-order valence-electron chi connectivity index (χ2n) is 4.15. The van der Waals surface area contributed by atoms with Crippen LogP contribution >= 0.6 is 7.82 Å². The van der Waals surface area contributed by atoms with Crippen molar-refractivity contribution in [3.63, 3.8) is 0 Å². The van der Waals surface area contributed by atoms with Crippen LogP contribution in [-0.4, -0.2) is 0 Å². The Bertz CT molecular complexity index is 701. The summed E-state index contributed by atoms with van der Waals surface area (Å²) >= 11 is 0. The molecule has 0 amide bonds. The fourth-order valence-corrected chi connectivity index (χ4v) is 3.17. The molecular formula is C12H9N2O4P. The molecule has 6 nitrogen and oxygen atoms in total. The Morgan fingerprint density at radius 2 is 1.58 bits per heavy atom. The highest BCUT2D eigenvalue weighted by Gasteiger charge is 2.37. The largest absolute Gasteiger partial charge is 0.647 e. The predicted molar refractivity (Wildman–Crippen MR) is 69.6 cm³/mol. The Morgan fingerprint density at radius 1 is 0.842 bits per heavy atom. The lowest BCUT2D eigenvalue weighted by molar-refractivity contribution is 0.289. The molecule has 0 aromatic heterocycles. The third kappa shape index (κ3) is 1.77. The highest BCUT2D eigenvalue weighted by Crippen LogP contribution is 2.55. The minimum atomic E-state index is -3.69. The normalized spacial score (nSPS) is 22.1. The van der Waals surface area contributed by atoms with E-state index in [-0.39, 0.29) is 0 Å². The standard InChI is InChI=1S/C12H9N2O4P/c15-19-16-9-3-1-8(2-4-9)13-14-11-6-5-10(17-19)7-12(11)18-19/h1-7,13-14H. The highest BCUT2D eigenvalue weighted by molar-refractivity contribution is 7.49. The van der Waals surface area contributed by atoms with Crippen LogP contribution < -0.4 is 24.4 Å². The number of rotatable bonds is 0. The Hall–Kier alpha value is -2.33. The Kier molecular flexibility index (Phi) is 2.00. The molecule has 3 aliphatic rings. The average molecular weight is 276 g/mol. The van der Waals surface area contributed by atoms with Gasteiger partial charge in [0.2, 0.25) is 0 Å². The van der Waals surface area contributed by atoms with Gasteiger partial charge < -0.3 is 19.0 Å². The van der Waals surface area contributed by atoms with E-state index in [2.05, 4.69) is 10.9 Å². The summed E-state index contributed by atoms with van der Waals surface area (Å²) in [6, 6.07) is 12.1. The summed E-state index contributed by atoms with van der Waals surface area (Å²) in [6.45, 7) is 0. The number of nitrogens with one attached hydrogen (secondary N) is 2. The molecule has 7 heteroatoms. The van der Waals surface area contributed by atoms with Crippen molar-refractivity contribution in [1.29, 1.82) is 0 Å². The summed E-state index contributed by atoms with van der Waals surface area (Å²) < 4.78 is 28.4. The summed E-state index contributed by atoms with van der Waals surface area (Å²) in [5, 5.41) is 0. The number of phosphoric acid groups is 1. The van der Waals surface area contributed by atoms with Gasteiger partial charge in [0.05, 0.1) is 11.4 Å². The number of phosphoric ester groups is 1. The van der Waals surface area contributed by atoms with E-state index < -0.39 is 7.82 Å². The Morgan fingerprint density at radius 3 is 2.42 bits per heavy atom. The maximum Gasteiger partial charge on any atom is 0.647 e. The first kappa shape index (κ1) is 10.6. The second-order valence-corrected chi connectivity index (χ2v) is 5.60. The van der Waals surface area contributed by atoms with Gasteiger partial charge in [0.25, 0.3) is 0 Å². The second kappa shape index (κ2) is 3.59. The maximum absolute atomic E-state index is 12.5. The molecule has 2 aromatic rings. The molecule has 0 spiro atoms. The van der Waals surface area contributed by atoms with Gasteiger partial charge >= 0.3 is 7.82 Å². The van der Waals surface area contributed by atoms with Gasteiger partial charge in [-0.3, -0.25) is 5.43 Å². The monoisotopic (exact) mass is 276 g/mol. The molecule has 0 aliphatic carbocycles. The van der Waals surface area contributed by atoms with Crippen LogP contribution in [0.3, 0.4) is 0 Å². The molecule has 2 aromatic carbocycles. The molecule has 1 atom stereocenters. The lowest BCUT2D eigenvalue weighted by Crippen LogP contribution is -2.13. The van der Waals surface area contributed by atoms with Crippen molar-refractivity contribution in [3.8, 4) is 17.2 Å². The lowest BCUT2D eigenvalue weighted by atomic mass is 10.3. The van der Waals surface area contributed by atoms with E-state index in [4.69, 9.17) is 13.6 Å². The van der Waals surface area contributed by atoms with Crippen molar-refractivity contribution in [2.75, 3.05) is 10.9 Å². The van der Waals surface area contributed by atoms with Crippen LogP contribution in [-0.2, 0) is 4.57 Å². The topological polar surface area (TPSA) is 68.8 Å². The summed E-state index contributed by atoms with van der Waals surface area (Å²) in [6.07, 6.45) is 0. The predicted octanol–water partition coefficient (Wildman–Crippen LogP) is 3.40. The molecule has 0 saturated heterocycles. The zero-order chi connectivity index (χ0) is 12.9. The molecule has 1 unspecified atom stereocenters. The number of fused-ring (bicyclic) bond motifs is 4. The van der Waals surface area contributed by atoms with Crippen molar-refractivity contribution in [2.24, 2.45) is 0 Å². The first-order valence-electron chi connectivity index (χ1n) is 5.65. The number of anilines is 2. The Labute approximate surface area is 108 Å². The summed E-state index contributed by atoms with van der Waals surface area (Å²) in [5.41, 5.74) is 7.52. The summed E-state index contributed by atoms with van der Waals surface area (Å²) in [4.78, 5) is 0. The molecule has 3 heterocycles. The number of hydrazine groups is 1. The third-order valence-corrected chi connectivity index (χ3v) is 4.08. The van der Waals surface area contributed by atoms with Crippen LogP contribution in [0, 0.1) is 0 Å². The molecule has 0 radical (unpaired) electrons. The van der Waals surface area contributed by atoms with Crippen LogP contribution in [0.2, 0.25) is 0 Å². The minimum Gasteiger partial charge on any atom is -0.386 e. The van der Waals surface area contributed by atoms with Gasteiger partial charge in [0.1, 0.15) is 11.5 Å². The minimum absolute atomic E-state index is 0.419. The van der Waals surface area contributed by atoms with Gasteiger partial charge in [-0.05, 0) is 36.4 Å². The first-order valence-corrected chi connectivity index (χ1v) is 7.11. The van der Waals surface area contributed by atoms with Gasteiger partial charge in [-0.15, -0.1) is 0 Å². The molecule has 3 aliphatic heterocycles. The molecule has 0 fully saturated rings. The molecule has 96 valence electrons. The molecule has 19 heavy (non-hydrogen) atoms. The SMILES string of the molecule is O=P12Oc3ccc(cc3)NNc3ccc(cc3O1)O2. The summed E-state index contributed by atoms with van der Waals surface area (Å²) in [5.74, 6) is 1.29. The Balaban J connectivity index is 1.88. The van der Waals surface area contributed by atoms with E-state index >= 15 is 0 Å². The van der Waals surface area contributed by atoms with Crippen LogP contribution in [0.15, 0.2) is 42.5 Å². The number of hydrogen-bond donors (Lipinski definition) is 2. The average Bonchev–Trinajstić information content (AvgIpc) is 2.39. The fourth-order valence-electron chi connectivity index (χ4n) is 1.91. The maximum atomic E-state index is 12.5. The quantitative estimate of drug-likeness (QED) is 0.719. The fraction of sp³-hybridized carbons (Fsp3) is 0. The smallest absolute Gasteiger partial charge is 0.386 e. The molecule has 5 rings (SSSR count). The van der Waals surface area contributed by atoms with Crippen molar-refractivity contribution in [1.82, 2.24) is 0 Å². The van der Waals surface area contributed by atoms with Crippen molar-refractivity contribution in [3.05, 3.63) is 42.5 Å². The lowest BCUT2D eigenvalue weighted by Gasteiger charge is -2.24. The van der Waals surface area contributed by atoms with E-state index in [9.17, 15) is 4.57 Å². The van der Waals surface area contributed by atoms with E-state index in [1.165, 1.54) is 0 Å². The molecule has 2 N–H and O–H groups in total. The van der Waals surface area contributed by atoms with Gasteiger partial charge in [0, 0.05) is 6.07 Å². The van der Waals surface area contributed by atoms with Crippen LogP contribution in [0.5, 0.6) is 17.2 Å². The van der Waals surface area contributed by atoms with E-state index in [1.54, 1.807) is 42.5 Å². The highest BCUT2D eigenvalue weighted by atomic mass is 31.2. The third-order valence-electron chi connectivity index (χ3n) is 2.79. The number of benzene rings is 2. The molecule has 0 saturated carbocycles. The van der Waals surface area contributed by atoms with Crippen LogP contribution in [0.1, 0.15) is 0 Å². The zero-order valence-electron chi connectivity index (χ0n) is 9.62. The van der Waals surface area contributed by atoms with E-state index in [0.29, 0.717) is 22.9 Å².